The summed E-state index contributed by atoms with van der Waals surface area (Å²) in [7, 11) is 1.36. The van der Waals surface area contributed by atoms with E-state index in [1.807, 2.05) is 41.3 Å². The van der Waals surface area contributed by atoms with E-state index in [1.54, 1.807) is 12.1 Å². The van der Waals surface area contributed by atoms with Gasteiger partial charge in [0.15, 0.2) is 0 Å². The number of halogens is 1. The van der Waals surface area contributed by atoms with E-state index < -0.39 is 0 Å². The summed E-state index contributed by atoms with van der Waals surface area (Å²) in [6.07, 6.45) is 0.477. The summed E-state index contributed by atoms with van der Waals surface area (Å²) in [6.45, 7) is 1.83. The molecule has 0 bridgehead atoms. The normalized spacial score (nSPS) is 16.8. The molecule has 0 unspecified atom stereocenters. The molecule has 0 aromatic heterocycles. The topological polar surface area (TPSA) is 58.6 Å². The van der Waals surface area contributed by atoms with E-state index in [1.165, 1.54) is 7.11 Å². The Hall–Kier alpha value is -2.37. The molecule has 3 rings (SSSR count). The third kappa shape index (κ3) is 4.42. The number of methoxy groups -OCH3 is 1. The van der Waals surface area contributed by atoms with Gasteiger partial charge in [-0.05, 0) is 29.3 Å². The molecule has 1 heterocycles. The molecule has 136 valence electrons. The fourth-order valence-electron chi connectivity index (χ4n) is 3.03. The molecule has 0 radical (unpaired) electrons. The zero-order valence-corrected chi connectivity index (χ0v) is 15.3. The summed E-state index contributed by atoms with van der Waals surface area (Å²) in [5.74, 6) is -0.218. The van der Waals surface area contributed by atoms with Crippen LogP contribution in [-0.2, 0) is 22.6 Å². The Balaban J connectivity index is 1.53. The van der Waals surface area contributed by atoms with Gasteiger partial charge in [-0.2, -0.15) is 0 Å². The molecule has 1 saturated heterocycles. The number of rotatable bonds is 6. The van der Waals surface area contributed by atoms with Crippen LogP contribution >= 0.6 is 11.6 Å². The number of hydrogen-bond acceptors (Lipinski definition) is 4. The van der Waals surface area contributed by atoms with Crippen LogP contribution in [0.15, 0.2) is 48.5 Å². The molecule has 0 saturated carbocycles. The Morgan fingerprint density at radius 1 is 1.23 bits per heavy atom. The van der Waals surface area contributed by atoms with Gasteiger partial charge in [0.2, 0.25) is 5.91 Å². The fourth-order valence-corrected chi connectivity index (χ4v) is 3.23. The molecule has 6 heteroatoms. The molecule has 5 nitrogen and oxygen atoms in total. The second kappa shape index (κ2) is 8.34. The van der Waals surface area contributed by atoms with Crippen molar-refractivity contribution in [3.63, 3.8) is 0 Å². The van der Waals surface area contributed by atoms with Gasteiger partial charge in [-0.3, -0.25) is 4.79 Å². The van der Waals surface area contributed by atoms with Crippen molar-refractivity contribution in [3.05, 3.63) is 70.2 Å². The molecule has 1 N–H and O–H groups in total. The van der Waals surface area contributed by atoms with E-state index in [2.05, 4.69) is 5.32 Å². The molecule has 1 fully saturated rings. The minimum atomic E-state index is -0.346. The van der Waals surface area contributed by atoms with Crippen molar-refractivity contribution in [2.45, 2.75) is 25.6 Å². The first-order valence-corrected chi connectivity index (χ1v) is 8.86. The Morgan fingerprint density at radius 2 is 1.96 bits per heavy atom. The van der Waals surface area contributed by atoms with Crippen LogP contribution in [0.4, 0.5) is 0 Å². The van der Waals surface area contributed by atoms with E-state index in [4.69, 9.17) is 16.3 Å². The number of nitrogens with one attached hydrogen (secondary N) is 1. The summed E-state index contributed by atoms with van der Waals surface area (Å²) in [6, 6.07) is 15.0. The van der Waals surface area contributed by atoms with Crippen molar-refractivity contribution in [1.82, 2.24) is 10.2 Å². The van der Waals surface area contributed by atoms with E-state index in [-0.39, 0.29) is 17.9 Å². The van der Waals surface area contributed by atoms with E-state index in [0.717, 1.165) is 11.1 Å². The highest BCUT2D eigenvalue weighted by atomic mass is 35.5. The van der Waals surface area contributed by atoms with E-state index in [9.17, 15) is 9.59 Å². The number of likely N-dealkylation sites (tertiary alicyclic amines) is 1. The zero-order chi connectivity index (χ0) is 18.5. The number of benzene rings is 2. The quantitative estimate of drug-likeness (QED) is 0.792. The standard InChI is InChI=1S/C20H21ClN2O3/c1-26-20(25)15-8-6-14(7-9-15)11-22-17-10-19(24)23(13-17)12-16-4-2-3-5-18(16)21/h2-9,17,22H,10-13H2,1H3/t17-/m1/s1. The molecule has 2 aromatic carbocycles. The van der Waals surface area contributed by atoms with Gasteiger partial charge in [0, 0.05) is 37.1 Å². The Bertz CT molecular complexity index is 792. The van der Waals surface area contributed by atoms with Gasteiger partial charge in [-0.15, -0.1) is 0 Å². The predicted molar refractivity (Wildman–Crippen MR) is 99.9 cm³/mol. The number of esters is 1. The number of ether oxygens (including phenoxy) is 1. The van der Waals surface area contributed by atoms with Crippen LogP contribution in [0.5, 0.6) is 0 Å². The monoisotopic (exact) mass is 372 g/mol. The first-order chi connectivity index (χ1) is 12.6. The number of nitrogens with zero attached hydrogens (tertiary/aromatic N) is 1. The summed E-state index contributed by atoms with van der Waals surface area (Å²) < 4.78 is 4.69. The maximum atomic E-state index is 12.3. The Kier molecular flexibility index (Phi) is 5.91. The second-order valence-electron chi connectivity index (χ2n) is 6.34. The number of amides is 1. The van der Waals surface area contributed by atoms with Crippen molar-refractivity contribution in [2.75, 3.05) is 13.7 Å². The highest BCUT2D eigenvalue weighted by molar-refractivity contribution is 6.31. The van der Waals surface area contributed by atoms with Crippen LogP contribution in [-0.4, -0.2) is 36.5 Å². The van der Waals surface area contributed by atoms with Gasteiger partial charge < -0.3 is 15.0 Å². The largest absolute Gasteiger partial charge is 0.465 e. The van der Waals surface area contributed by atoms with Crippen molar-refractivity contribution in [2.24, 2.45) is 0 Å². The van der Waals surface area contributed by atoms with Crippen LogP contribution in [0.1, 0.15) is 27.9 Å². The van der Waals surface area contributed by atoms with Gasteiger partial charge in [0.1, 0.15) is 0 Å². The van der Waals surface area contributed by atoms with Gasteiger partial charge in [0.05, 0.1) is 12.7 Å². The third-order valence-corrected chi connectivity index (χ3v) is 4.87. The van der Waals surface area contributed by atoms with E-state index in [0.29, 0.717) is 36.6 Å². The fraction of sp³-hybridized carbons (Fsp3) is 0.300. The lowest BCUT2D eigenvalue weighted by Gasteiger charge is -2.18. The molecule has 1 aliphatic rings. The summed E-state index contributed by atoms with van der Waals surface area (Å²) in [5, 5.41) is 4.09. The SMILES string of the molecule is COC(=O)c1ccc(CN[C@@H]2CC(=O)N(Cc3ccccc3Cl)C2)cc1. The van der Waals surface area contributed by atoms with Crippen molar-refractivity contribution in [3.8, 4) is 0 Å². The maximum Gasteiger partial charge on any atom is 0.337 e. The minimum absolute atomic E-state index is 0.102. The van der Waals surface area contributed by atoms with Crippen LogP contribution in [0.2, 0.25) is 5.02 Å². The van der Waals surface area contributed by atoms with Crippen LogP contribution < -0.4 is 5.32 Å². The summed E-state index contributed by atoms with van der Waals surface area (Å²) in [5.41, 5.74) is 2.54. The Labute approximate surface area is 157 Å². The first kappa shape index (κ1) is 18.4. The third-order valence-electron chi connectivity index (χ3n) is 4.50. The van der Waals surface area contributed by atoms with Crippen LogP contribution in [0.3, 0.4) is 0 Å². The van der Waals surface area contributed by atoms with Gasteiger partial charge >= 0.3 is 5.97 Å². The smallest absolute Gasteiger partial charge is 0.337 e. The van der Waals surface area contributed by atoms with Gasteiger partial charge in [-0.1, -0.05) is 41.9 Å². The molecule has 0 aliphatic carbocycles. The van der Waals surface area contributed by atoms with Crippen LogP contribution in [0.25, 0.3) is 0 Å². The summed E-state index contributed by atoms with van der Waals surface area (Å²) >= 11 is 6.19. The zero-order valence-electron chi connectivity index (χ0n) is 14.6. The summed E-state index contributed by atoms with van der Waals surface area (Å²) in [4.78, 5) is 25.5. The Morgan fingerprint density at radius 3 is 2.65 bits per heavy atom. The lowest BCUT2D eigenvalue weighted by atomic mass is 10.1. The molecule has 1 aliphatic heterocycles. The number of carbonyl (C=O) groups is 2. The lowest BCUT2D eigenvalue weighted by molar-refractivity contribution is -0.128. The second-order valence-corrected chi connectivity index (χ2v) is 6.74. The minimum Gasteiger partial charge on any atom is -0.465 e. The average molecular weight is 373 g/mol. The van der Waals surface area contributed by atoms with Gasteiger partial charge in [-0.25, -0.2) is 4.79 Å². The highest BCUT2D eigenvalue weighted by Gasteiger charge is 2.29. The van der Waals surface area contributed by atoms with Crippen molar-refractivity contribution >= 4 is 23.5 Å². The molecule has 0 spiro atoms. The predicted octanol–water partition coefficient (Wildman–Crippen LogP) is 3.02. The first-order valence-electron chi connectivity index (χ1n) is 8.48. The molecule has 2 aromatic rings. The van der Waals surface area contributed by atoms with Crippen molar-refractivity contribution in [1.29, 1.82) is 0 Å². The van der Waals surface area contributed by atoms with Crippen molar-refractivity contribution < 1.29 is 14.3 Å². The van der Waals surface area contributed by atoms with E-state index >= 15 is 0 Å². The van der Waals surface area contributed by atoms with Gasteiger partial charge in [0.25, 0.3) is 0 Å². The molecule has 1 amide bonds. The number of carbonyl (C=O) groups excluding carboxylic acids is 2. The number of hydrogen-bond donors (Lipinski definition) is 1. The average Bonchev–Trinajstić information content (AvgIpc) is 3.01. The molecular formula is C20H21ClN2O3. The van der Waals surface area contributed by atoms with Crippen LogP contribution in [0, 0.1) is 0 Å². The molecule has 1 atom stereocenters. The molecular weight excluding hydrogens is 352 g/mol. The lowest BCUT2D eigenvalue weighted by Crippen LogP contribution is -2.32. The highest BCUT2D eigenvalue weighted by Crippen LogP contribution is 2.21. The molecule has 26 heavy (non-hydrogen) atoms. The maximum absolute atomic E-state index is 12.3.